The fourth-order valence-electron chi connectivity index (χ4n) is 3.24. The zero-order valence-electron chi connectivity index (χ0n) is 16.9. The van der Waals surface area contributed by atoms with Crippen molar-refractivity contribution >= 4 is 22.9 Å². The van der Waals surface area contributed by atoms with Gasteiger partial charge in [-0.15, -0.1) is 10.2 Å². The molecule has 0 saturated carbocycles. The first-order chi connectivity index (χ1) is 15.8. The number of hydrogen-bond donors (Lipinski definition) is 2. The van der Waals surface area contributed by atoms with E-state index < -0.39 is 6.10 Å². The van der Waals surface area contributed by atoms with Crippen LogP contribution in [0.3, 0.4) is 0 Å². The minimum Gasteiger partial charge on any atom is -0.493 e. The summed E-state index contributed by atoms with van der Waals surface area (Å²) in [6, 6.07) is 14.4. The molecule has 4 aromatic rings. The van der Waals surface area contributed by atoms with Crippen molar-refractivity contribution in [3.8, 4) is 17.2 Å². The van der Waals surface area contributed by atoms with Gasteiger partial charge >= 0.3 is 0 Å². The van der Waals surface area contributed by atoms with E-state index in [0.29, 0.717) is 40.9 Å². The molecule has 0 bridgehead atoms. The second-order valence-corrected chi connectivity index (χ2v) is 7.81. The van der Waals surface area contributed by atoms with Crippen molar-refractivity contribution in [3.05, 3.63) is 76.2 Å². The van der Waals surface area contributed by atoms with Gasteiger partial charge in [0.15, 0.2) is 17.6 Å². The summed E-state index contributed by atoms with van der Waals surface area (Å²) in [5.74, 6) is 1.79. The molecule has 1 unspecified atom stereocenters. The molecule has 2 aromatic heterocycles. The number of aromatic nitrogens is 4. The molecule has 0 saturated heterocycles. The Bertz CT molecular complexity index is 1180. The van der Waals surface area contributed by atoms with Gasteiger partial charge in [0.05, 0.1) is 12.3 Å². The predicted molar refractivity (Wildman–Crippen MR) is 117 cm³/mol. The Labute approximate surface area is 187 Å². The number of amides is 1. The normalized spacial score (nSPS) is 14.7. The Morgan fingerprint density at radius 1 is 1.22 bits per heavy atom. The lowest BCUT2D eigenvalue weighted by molar-refractivity contribution is 0.0856. The van der Waals surface area contributed by atoms with Gasteiger partial charge in [0, 0.05) is 12.0 Å². The van der Waals surface area contributed by atoms with E-state index in [1.54, 1.807) is 53.8 Å². The Hall–Kier alpha value is -3.92. The van der Waals surface area contributed by atoms with Crippen molar-refractivity contribution in [3.63, 3.8) is 0 Å². The van der Waals surface area contributed by atoms with Crippen LogP contribution in [0.15, 0.2) is 59.3 Å². The van der Waals surface area contributed by atoms with Crippen LogP contribution < -0.4 is 19.5 Å². The minimum absolute atomic E-state index is 0.248. The van der Waals surface area contributed by atoms with E-state index in [1.165, 1.54) is 5.56 Å². The third kappa shape index (κ3) is 4.40. The molecule has 0 aliphatic carbocycles. The van der Waals surface area contributed by atoms with E-state index in [1.807, 2.05) is 0 Å². The maximum absolute atomic E-state index is 12.8. The van der Waals surface area contributed by atoms with Gasteiger partial charge in [-0.05, 0) is 58.8 Å². The monoisotopic (exact) mass is 449 g/mol. The van der Waals surface area contributed by atoms with Crippen LogP contribution in [0.1, 0.15) is 27.8 Å². The molecule has 1 aliphatic rings. The van der Waals surface area contributed by atoms with Gasteiger partial charge in [0.25, 0.3) is 5.91 Å². The number of aromatic amines is 1. The maximum atomic E-state index is 12.8. The van der Waals surface area contributed by atoms with E-state index in [0.717, 1.165) is 6.42 Å². The number of hydrogen-bond acceptors (Lipinski definition) is 8. The largest absolute Gasteiger partial charge is 0.493 e. The van der Waals surface area contributed by atoms with Crippen molar-refractivity contribution in [2.75, 3.05) is 18.5 Å². The number of H-pyrrole nitrogens is 1. The highest BCUT2D eigenvalue weighted by Crippen LogP contribution is 2.41. The third-order valence-corrected chi connectivity index (χ3v) is 5.62. The Balaban J connectivity index is 1.23. The van der Waals surface area contributed by atoms with Crippen LogP contribution in [-0.4, -0.2) is 39.7 Å². The number of benzene rings is 2. The van der Waals surface area contributed by atoms with Crippen LogP contribution in [0.2, 0.25) is 0 Å². The topological polar surface area (TPSA) is 111 Å². The van der Waals surface area contributed by atoms with Crippen LogP contribution in [0.25, 0.3) is 0 Å². The summed E-state index contributed by atoms with van der Waals surface area (Å²) < 4.78 is 17.5. The van der Waals surface area contributed by atoms with Gasteiger partial charge in [-0.25, -0.2) is 0 Å². The number of thiophene rings is 1. The Morgan fingerprint density at radius 2 is 2.12 bits per heavy atom. The molecule has 162 valence electrons. The molecule has 9 nitrogen and oxygen atoms in total. The SMILES string of the molecule is O=C(Nc1cccc2c1OC(c1nn[nH]n1)CO2)c1ccc(OCCc2ccsc2)cc1. The Kier molecular flexibility index (Phi) is 5.67. The van der Waals surface area contributed by atoms with Gasteiger partial charge in [0.2, 0.25) is 5.82 Å². The van der Waals surface area contributed by atoms with Crippen LogP contribution in [0.4, 0.5) is 5.69 Å². The predicted octanol–water partition coefficient (Wildman–Crippen LogP) is 3.65. The van der Waals surface area contributed by atoms with Crippen molar-refractivity contribution in [2.24, 2.45) is 0 Å². The lowest BCUT2D eigenvalue weighted by Gasteiger charge is -2.26. The van der Waals surface area contributed by atoms with Gasteiger partial charge in [-0.1, -0.05) is 11.3 Å². The van der Waals surface area contributed by atoms with Crippen LogP contribution in [0.5, 0.6) is 17.2 Å². The zero-order chi connectivity index (χ0) is 21.8. The lowest BCUT2D eigenvalue weighted by Crippen LogP contribution is -2.24. The first-order valence-corrected chi connectivity index (χ1v) is 10.9. The highest BCUT2D eigenvalue weighted by molar-refractivity contribution is 7.07. The number of nitrogens with one attached hydrogen (secondary N) is 2. The van der Waals surface area contributed by atoms with E-state index in [2.05, 4.69) is 42.8 Å². The molecular formula is C22H19N5O4S. The number of anilines is 1. The molecule has 2 N–H and O–H groups in total. The van der Waals surface area contributed by atoms with Crippen LogP contribution >= 0.6 is 11.3 Å². The second-order valence-electron chi connectivity index (χ2n) is 7.03. The summed E-state index contributed by atoms with van der Waals surface area (Å²) >= 11 is 1.67. The fraction of sp³-hybridized carbons (Fsp3) is 0.182. The molecule has 5 rings (SSSR count). The standard InChI is InChI=1S/C22H19N5O4S/c28-22(15-4-6-16(7-5-15)29-10-8-14-9-11-32-13-14)23-17-2-1-3-18-20(17)31-19(12-30-18)21-24-26-27-25-21/h1-7,9,11,13,19H,8,10,12H2,(H,23,28)(H,24,25,26,27). The summed E-state index contributed by atoms with van der Waals surface area (Å²) in [7, 11) is 0. The minimum atomic E-state index is -0.523. The number of tetrazole rings is 1. The summed E-state index contributed by atoms with van der Waals surface area (Å²) in [6.07, 6.45) is 0.322. The molecule has 2 aromatic carbocycles. The van der Waals surface area contributed by atoms with E-state index in [-0.39, 0.29) is 12.5 Å². The maximum Gasteiger partial charge on any atom is 0.255 e. The number of nitrogens with zero attached hydrogens (tertiary/aromatic N) is 3. The molecule has 0 spiro atoms. The van der Waals surface area contributed by atoms with E-state index in [4.69, 9.17) is 14.2 Å². The summed E-state index contributed by atoms with van der Waals surface area (Å²) in [5.41, 5.74) is 2.25. The highest BCUT2D eigenvalue weighted by atomic mass is 32.1. The molecule has 1 atom stereocenters. The molecule has 1 aliphatic heterocycles. The first kappa shape index (κ1) is 20.0. The first-order valence-electron chi connectivity index (χ1n) is 9.97. The molecule has 0 fully saturated rings. The highest BCUT2D eigenvalue weighted by Gasteiger charge is 2.28. The second kappa shape index (κ2) is 9.06. The van der Waals surface area contributed by atoms with Crippen molar-refractivity contribution in [1.29, 1.82) is 0 Å². The van der Waals surface area contributed by atoms with Gasteiger partial charge in [-0.2, -0.15) is 16.6 Å². The molecule has 1 amide bonds. The van der Waals surface area contributed by atoms with Crippen molar-refractivity contribution in [1.82, 2.24) is 20.6 Å². The molecular weight excluding hydrogens is 430 g/mol. The third-order valence-electron chi connectivity index (χ3n) is 4.88. The number of carbonyl (C=O) groups excluding carboxylic acids is 1. The summed E-state index contributed by atoms with van der Waals surface area (Å²) in [6.45, 7) is 0.828. The quantitative estimate of drug-likeness (QED) is 0.443. The number of fused-ring (bicyclic) bond motifs is 1. The summed E-state index contributed by atoms with van der Waals surface area (Å²) in [4.78, 5) is 12.8. The number of rotatable bonds is 7. The number of para-hydroxylation sites is 1. The average molecular weight is 449 g/mol. The smallest absolute Gasteiger partial charge is 0.255 e. The lowest BCUT2D eigenvalue weighted by atomic mass is 10.2. The molecule has 0 radical (unpaired) electrons. The van der Waals surface area contributed by atoms with Gasteiger partial charge in [0.1, 0.15) is 12.4 Å². The van der Waals surface area contributed by atoms with Crippen LogP contribution in [0, 0.1) is 0 Å². The van der Waals surface area contributed by atoms with Gasteiger partial charge < -0.3 is 19.5 Å². The number of ether oxygens (including phenoxy) is 3. The van der Waals surface area contributed by atoms with E-state index in [9.17, 15) is 4.79 Å². The van der Waals surface area contributed by atoms with E-state index >= 15 is 0 Å². The van der Waals surface area contributed by atoms with Crippen molar-refractivity contribution < 1.29 is 19.0 Å². The molecule has 32 heavy (non-hydrogen) atoms. The summed E-state index contributed by atoms with van der Waals surface area (Å²) in [5, 5.41) is 20.9. The molecule has 3 heterocycles. The number of carbonyl (C=O) groups is 1. The van der Waals surface area contributed by atoms with Gasteiger partial charge in [-0.3, -0.25) is 4.79 Å². The average Bonchev–Trinajstić information content (AvgIpc) is 3.54. The fourth-order valence-corrected chi connectivity index (χ4v) is 3.95. The van der Waals surface area contributed by atoms with Crippen LogP contribution in [-0.2, 0) is 6.42 Å². The molecule has 10 heteroatoms. The Morgan fingerprint density at radius 3 is 2.91 bits per heavy atom. The zero-order valence-corrected chi connectivity index (χ0v) is 17.7. The van der Waals surface area contributed by atoms with Crippen molar-refractivity contribution in [2.45, 2.75) is 12.5 Å².